The van der Waals surface area contributed by atoms with E-state index in [0.29, 0.717) is 6.42 Å². The highest BCUT2D eigenvalue weighted by molar-refractivity contribution is 5.89. The van der Waals surface area contributed by atoms with Crippen LogP contribution in [0.15, 0.2) is 0 Å². The maximum atomic E-state index is 12.3. The lowest BCUT2D eigenvalue weighted by Gasteiger charge is -2.21. The molecule has 0 saturated carbocycles. The van der Waals surface area contributed by atoms with Gasteiger partial charge in [-0.2, -0.15) is 0 Å². The second-order valence-corrected chi connectivity index (χ2v) is 5.71. The number of amides is 1. The lowest BCUT2D eigenvalue weighted by molar-refractivity contribution is -0.128. The number of hydrogen-bond acceptors (Lipinski definition) is 5. The van der Waals surface area contributed by atoms with Crippen molar-refractivity contribution in [3.05, 3.63) is 0 Å². The normalized spacial score (nSPS) is 13.6. The van der Waals surface area contributed by atoms with Crippen LogP contribution in [0.3, 0.4) is 0 Å². The smallest absolute Gasteiger partial charge is 0.237 e. The summed E-state index contributed by atoms with van der Waals surface area (Å²) in [5.41, 5.74) is 0. The van der Waals surface area contributed by atoms with E-state index in [2.05, 4.69) is 21.3 Å². The van der Waals surface area contributed by atoms with E-state index >= 15 is 0 Å². The highest BCUT2D eigenvalue weighted by Crippen LogP contribution is 2.05. The molecule has 0 saturated heterocycles. The minimum atomic E-state index is -0.363. The summed E-state index contributed by atoms with van der Waals surface area (Å²) in [6.45, 7) is 3.44. The molecule has 130 valence electrons. The Balaban J connectivity index is 4.23. The maximum absolute atomic E-state index is 12.3. The van der Waals surface area contributed by atoms with Crippen LogP contribution in [0.25, 0.3) is 0 Å². The molecule has 22 heavy (non-hydrogen) atoms. The standard InChI is InChI=1S/C16H34N4O2/c1-13(21)14(9-5-7-11-17-2)20-16(22)15(19-4)10-6-8-12-18-3/h14-15,17-19H,5-12H2,1-4H3,(H,20,22)/t14-,15+/m1/s1. The fraction of sp³-hybridized carbons (Fsp3) is 0.875. The molecule has 2 atom stereocenters. The van der Waals surface area contributed by atoms with E-state index < -0.39 is 0 Å². The van der Waals surface area contributed by atoms with Gasteiger partial charge in [0.15, 0.2) is 5.78 Å². The van der Waals surface area contributed by atoms with Crippen LogP contribution in [0.5, 0.6) is 0 Å². The van der Waals surface area contributed by atoms with Crippen LogP contribution in [0.4, 0.5) is 0 Å². The quantitative estimate of drug-likeness (QED) is 0.350. The van der Waals surface area contributed by atoms with Crippen molar-refractivity contribution in [3.8, 4) is 0 Å². The zero-order valence-corrected chi connectivity index (χ0v) is 14.6. The molecule has 0 aliphatic carbocycles. The molecule has 0 aromatic rings. The molecule has 1 amide bonds. The monoisotopic (exact) mass is 314 g/mol. The van der Waals surface area contributed by atoms with Crippen molar-refractivity contribution in [2.75, 3.05) is 34.2 Å². The van der Waals surface area contributed by atoms with Crippen molar-refractivity contribution < 1.29 is 9.59 Å². The van der Waals surface area contributed by atoms with E-state index in [4.69, 9.17) is 0 Å². The van der Waals surface area contributed by atoms with E-state index in [1.807, 2.05) is 14.1 Å². The predicted molar refractivity (Wildman–Crippen MR) is 91.0 cm³/mol. The van der Waals surface area contributed by atoms with Gasteiger partial charge in [-0.3, -0.25) is 9.59 Å². The zero-order chi connectivity index (χ0) is 16.8. The summed E-state index contributed by atoms with van der Waals surface area (Å²) in [5.74, 6) is -0.0383. The predicted octanol–water partition coefficient (Wildman–Crippen LogP) is 0.428. The Morgan fingerprint density at radius 3 is 1.73 bits per heavy atom. The van der Waals surface area contributed by atoms with Crippen molar-refractivity contribution in [3.63, 3.8) is 0 Å². The summed E-state index contributed by atoms with van der Waals surface area (Å²) in [6.07, 6.45) is 5.45. The molecule has 6 nitrogen and oxygen atoms in total. The zero-order valence-electron chi connectivity index (χ0n) is 14.6. The van der Waals surface area contributed by atoms with Crippen LogP contribution in [-0.2, 0) is 9.59 Å². The highest BCUT2D eigenvalue weighted by atomic mass is 16.2. The van der Waals surface area contributed by atoms with Gasteiger partial charge in [0, 0.05) is 0 Å². The number of unbranched alkanes of at least 4 members (excludes halogenated alkanes) is 2. The lowest BCUT2D eigenvalue weighted by atomic mass is 10.0. The highest BCUT2D eigenvalue weighted by Gasteiger charge is 2.21. The van der Waals surface area contributed by atoms with Gasteiger partial charge in [0.2, 0.25) is 5.91 Å². The molecule has 0 rings (SSSR count). The SMILES string of the molecule is CNCCCC[C@H](NC)C(=O)N[C@H](CCCCNC)C(C)=O. The van der Waals surface area contributed by atoms with Crippen LogP contribution < -0.4 is 21.3 Å². The summed E-state index contributed by atoms with van der Waals surface area (Å²) in [6, 6.07) is -0.589. The summed E-state index contributed by atoms with van der Waals surface area (Å²) in [4.78, 5) is 24.0. The number of carbonyl (C=O) groups excluding carboxylic acids is 2. The Morgan fingerprint density at radius 2 is 1.32 bits per heavy atom. The Bertz CT molecular complexity index is 311. The third kappa shape index (κ3) is 9.87. The van der Waals surface area contributed by atoms with Crippen molar-refractivity contribution in [1.29, 1.82) is 0 Å². The minimum absolute atomic E-state index is 0.0304. The lowest BCUT2D eigenvalue weighted by Crippen LogP contribution is -2.49. The number of carbonyl (C=O) groups is 2. The Labute approximate surface area is 135 Å². The van der Waals surface area contributed by atoms with Crippen molar-refractivity contribution >= 4 is 11.7 Å². The molecule has 0 heterocycles. The molecular weight excluding hydrogens is 280 g/mol. The minimum Gasteiger partial charge on any atom is -0.345 e. The van der Waals surface area contributed by atoms with Gasteiger partial charge < -0.3 is 21.3 Å². The van der Waals surface area contributed by atoms with Crippen LogP contribution >= 0.6 is 0 Å². The van der Waals surface area contributed by atoms with Crippen LogP contribution in [-0.4, -0.2) is 58.0 Å². The Kier molecular flexibility index (Phi) is 13.1. The van der Waals surface area contributed by atoms with Gasteiger partial charge in [0.25, 0.3) is 0 Å². The van der Waals surface area contributed by atoms with E-state index in [1.165, 1.54) is 0 Å². The van der Waals surface area contributed by atoms with E-state index in [9.17, 15) is 9.59 Å². The molecule has 0 spiro atoms. The number of rotatable bonds is 14. The van der Waals surface area contributed by atoms with Gasteiger partial charge >= 0.3 is 0 Å². The largest absolute Gasteiger partial charge is 0.345 e. The Hall–Kier alpha value is -0.980. The first kappa shape index (κ1) is 21.0. The van der Waals surface area contributed by atoms with E-state index in [-0.39, 0.29) is 23.8 Å². The van der Waals surface area contributed by atoms with Crippen molar-refractivity contribution in [2.24, 2.45) is 0 Å². The van der Waals surface area contributed by atoms with Crippen LogP contribution in [0, 0.1) is 0 Å². The molecular formula is C16H34N4O2. The molecule has 4 N–H and O–H groups in total. The molecule has 0 aliphatic rings. The topological polar surface area (TPSA) is 82.3 Å². The number of nitrogens with one attached hydrogen (secondary N) is 4. The first-order valence-corrected chi connectivity index (χ1v) is 8.34. The van der Waals surface area contributed by atoms with E-state index in [1.54, 1.807) is 14.0 Å². The average molecular weight is 314 g/mol. The maximum Gasteiger partial charge on any atom is 0.237 e. The number of hydrogen-bond donors (Lipinski definition) is 4. The third-order valence-electron chi connectivity index (χ3n) is 3.81. The molecule has 0 radical (unpaired) electrons. The van der Waals surface area contributed by atoms with Crippen molar-refractivity contribution in [2.45, 2.75) is 57.5 Å². The number of ketones is 1. The van der Waals surface area contributed by atoms with Gasteiger partial charge in [0.1, 0.15) is 0 Å². The first-order valence-electron chi connectivity index (χ1n) is 8.34. The molecule has 0 fully saturated rings. The molecule has 0 aromatic carbocycles. The van der Waals surface area contributed by atoms with Gasteiger partial charge in [-0.15, -0.1) is 0 Å². The number of Topliss-reactive ketones (excluding diaryl/α,β-unsaturated/α-hetero) is 1. The first-order chi connectivity index (χ1) is 10.6. The van der Waals surface area contributed by atoms with Crippen molar-refractivity contribution in [1.82, 2.24) is 21.3 Å². The molecule has 0 bridgehead atoms. The van der Waals surface area contributed by atoms with Gasteiger partial charge in [-0.25, -0.2) is 0 Å². The summed E-state index contributed by atoms with van der Waals surface area (Å²) in [7, 11) is 5.63. The molecule has 0 aliphatic heterocycles. The molecule has 6 heteroatoms. The second kappa shape index (κ2) is 13.7. The summed E-state index contributed by atoms with van der Waals surface area (Å²) in [5, 5.41) is 12.1. The third-order valence-corrected chi connectivity index (χ3v) is 3.81. The fourth-order valence-electron chi connectivity index (χ4n) is 2.36. The fourth-order valence-corrected chi connectivity index (χ4v) is 2.36. The summed E-state index contributed by atoms with van der Waals surface area (Å²) < 4.78 is 0. The molecule has 0 unspecified atom stereocenters. The van der Waals surface area contributed by atoms with Gasteiger partial charge in [-0.1, -0.05) is 6.42 Å². The van der Waals surface area contributed by atoms with Crippen LogP contribution in [0.2, 0.25) is 0 Å². The van der Waals surface area contributed by atoms with Crippen LogP contribution in [0.1, 0.15) is 45.4 Å². The van der Waals surface area contributed by atoms with E-state index in [0.717, 1.165) is 45.2 Å². The van der Waals surface area contributed by atoms with Gasteiger partial charge in [0.05, 0.1) is 12.1 Å². The number of likely N-dealkylation sites (N-methyl/N-ethyl adjacent to an activating group) is 1. The average Bonchev–Trinajstić information content (AvgIpc) is 2.50. The Morgan fingerprint density at radius 1 is 0.818 bits per heavy atom. The summed E-state index contributed by atoms with van der Waals surface area (Å²) >= 11 is 0. The molecule has 0 aromatic heterocycles. The second-order valence-electron chi connectivity index (χ2n) is 5.71. The van der Waals surface area contributed by atoms with Gasteiger partial charge in [-0.05, 0) is 73.3 Å².